The average molecular weight is 533 g/mol. The minimum atomic E-state index is -4.80. The maximum absolute atomic E-state index is 14.8. The van der Waals surface area contributed by atoms with E-state index in [9.17, 15) is 22.4 Å². The predicted octanol–water partition coefficient (Wildman–Crippen LogP) is 5.25. The number of carbonyl (C=O) groups excluding carboxylic acids is 1. The molecule has 0 bridgehead atoms. The molecule has 0 atom stereocenters. The lowest BCUT2D eigenvalue weighted by atomic mass is 9.93. The van der Waals surface area contributed by atoms with E-state index in [1.165, 1.54) is 23.3 Å². The van der Waals surface area contributed by atoms with Gasteiger partial charge < -0.3 is 14.5 Å². The van der Waals surface area contributed by atoms with Crippen LogP contribution in [0.25, 0.3) is 22.8 Å². The number of nitrogens with one attached hydrogen (secondary N) is 2. The van der Waals surface area contributed by atoms with Crippen molar-refractivity contribution >= 4 is 11.6 Å². The Balaban J connectivity index is 1.48. The van der Waals surface area contributed by atoms with Crippen LogP contribution in [0.1, 0.15) is 54.8 Å². The van der Waals surface area contributed by atoms with Gasteiger partial charge in [-0.15, -0.1) is 0 Å². The molecule has 0 saturated heterocycles. The number of anilines is 1. The van der Waals surface area contributed by atoms with Crippen molar-refractivity contribution in [3.8, 4) is 22.8 Å². The second-order valence-corrected chi connectivity index (χ2v) is 8.76. The molecule has 4 aromatic rings. The monoisotopic (exact) mass is 533 g/mol. The number of aromatic nitrogens is 6. The standard InChI is InChI=1S/C24H23F4N7O3/c1-2-37-15-5-3-14(4-6-15)35-11-17(21(34-35)20-16(25)7-8-19(33-20)24(26,27)28)31-22(36)18-12-38-23(32-18)13-9-29-30-10-13/h7-12,14-15H,2-6H2,1H3,(H,29,30)(H,31,36). The molecule has 10 nitrogen and oxygen atoms in total. The molecule has 4 heterocycles. The SMILES string of the molecule is CCOC1CCC(n2cc(NC(=O)c3coc(-c4cn[nH]c4)n3)c(-c3nc(C(F)(F)F)ccc3F)n2)CC1. The van der Waals surface area contributed by atoms with E-state index in [0.717, 1.165) is 19.1 Å². The molecule has 1 amide bonds. The maximum atomic E-state index is 14.8. The number of H-pyrrole nitrogens is 1. The fourth-order valence-corrected chi connectivity index (χ4v) is 4.39. The molecule has 5 rings (SSSR count). The molecule has 200 valence electrons. The predicted molar refractivity (Wildman–Crippen MR) is 125 cm³/mol. The molecule has 4 aromatic heterocycles. The van der Waals surface area contributed by atoms with Crippen LogP contribution in [0.3, 0.4) is 0 Å². The van der Waals surface area contributed by atoms with Crippen molar-refractivity contribution in [3.63, 3.8) is 0 Å². The van der Waals surface area contributed by atoms with Gasteiger partial charge in [-0.1, -0.05) is 0 Å². The smallest absolute Gasteiger partial charge is 0.433 e. The molecule has 0 unspecified atom stereocenters. The molecule has 1 saturated carbocycles. The highest BCUT2D eigenvalue weighted by Crippen LogP contribution is 2.36. The summed E-state index contributed by atoms with van der Waals surface area (Å²) in [6.45, 7) is 2.52. The Morgan fingerprint density at radius 3 is 2.68 bits per heavy atom. The number of amides is 1. The number of aromatic amines is 1. The summed E-state index contributed by atoms with van der Waals surface area (Å²) in [5, 5.41) is 13.4. The Labute approximate surface area is 213 Å². The molecule has 2 N–H and O–H groups in total. The van der Waals surface area contributed by atoms with Crippen LogP contribution in [-0.4, -0.2) is 48.6 Å². The molecule has 1 aliphatic rings. The van der Waals surface area contributed by atoms with Gasteiger partial charge in [-0.05, 0) is 44.7 Å². The van der Waals surface area contributed by atoms with Gasteiger partial charge in [-0.3, -0.25) is 14.6 Å². The van der Waals surface area contributed by atoms with Crippen molar-refractivity contribution in [1.82, 2.24) is 29.9 Å². The van der Waals surface area contributed by atoms with Gasteiger partial charge in [-0.2, -0.15) is 23.4 Å². The molecule has 0 spiro atoms. The number of hydrogen-bond acceptors (Lipinski definition) is 7. The Morgan fingerprint density at radius 2 is 2.00 bits per heavy atom. The topological polar surface area (TPSA) is 124 Å². The molecule has 0 radical (unpaired) electrons. The second kappa shape index (κ2) is 10.4. The van der Waals surface area contributed by atoms with Gasteiger partial charge in [0.1, 0.15) is 23.3 Å². The third kappa shape index (κ3) is 5.30. The normalized spacial score (nSPS) is 18.0. The van der Waals surface area contributed by atoms with E-state index >= 15 is 0 Å². The number of hydrogen-bond donors (Lipinski definition) is 2. The van der Waals surface area contributed by atoms with Crippen LogP contribution in [0, 0.1) is 5.82 Å². The third-order valence-corrected chi connectivity index (χ3v) is 6.24. The number of pyridine rings is 1. The van der Waals surface area contributed by atoms with Gasteiger partial charge in [0.25, 0.3) is 5.91 Å². The lowest BCUT2D eigenvalue weighted by molar-refractivity contribution is -0.141. The molecular weight excluding hydrogens is 510 g/mol. The number of rotatable bonds is 7. The van der Waals surface area contributed by atoms with Crippen molar-refractivity contribution in [1.29, 1.82) is 0 Å². The molecule has 1 fully saturated rings. The van der Waals surface area contributed by atoms with Crippen molar-refractivity contribution in [3.05, 3.63) is 54.2 Å². The number of ether oxygens (including phenoxy) is 1. The first kappa shape index (κ1) is 25.6. The summed E-state index contributed by atoms with van der Waals surface area (Å²) in [7, 11) is 0. The molecular formula is C24H23F4N7O3. The van der Waals surface area contributed by atoms with Crippen LogP contribution < -0.4 is 5.32 Å². The van der Waals surface area contributed by atoms with E-state index in [0.29, 0.717) is 37.1 Å². The second-order valence-electron chi connectivity index (χ2n) is 8.76. The summed E-state index contributed by atoms with van der Waals surface area (Å²) < 4.78 is 67.4. The van der Waals surface area contributed by atoms with E-state index in [2.05, 4.69) is 30.6 Å². The molecule has 0 aromatic carbocycles. The minimum Gasteiger partial charge on any atom is -0.444 e. The van der Waals surface area contributed by atoms with Gasteiger partial charge in [0.05, 0.1) is 29.6 Å². The van der Waals surface area contributed by atoms with Gasteiger partial charge in [0, 0.05) is 19.0 Å². The molecule has 0 aliphatic heterocycles. The first-order valence-electron chi connectivity index (χ1n) is 11.9. The van der Waals surface area contributed by atoms with Gasteiger partial charge in [0.2, 0.25) is 5.89 Å². The van der Waals surface area contributed by atoms with Crippen LogP contribution in [0.4, 0.5) is 23.2 Å². The highest BCUT2D eigenvalue weighted by Gasteiger charge is 2.34. The van der Waals surface area contributed by atoms with Crippen molar-refractivity contribution in [2.45, 2.75) is 50.9 Å². The van der Waals surface area contributed by atoms with Crippen LogP contribution >= 0.6 is 0 Å². The number of carbonyl (C=O) groups is 1. The first-order valence-corrected chi connectivity index (χ1v) is 11.9. The highest BCUT2D eigenvalue weighted by molar-refractivity contribution is 6.04. The molecule has 1 aliphatic carbocycles. The van der Waals surface area contributed by atoms with Crippen LogP contribution in [-0.2, 0) is 10.9 Å². The Hall–Kier alpha value is -4.07. The Bertz CT molecular complexity index is 1410. The van der Waals surface area contributed by atoms with Crippen LogP contribution in [0.5, 0.6) is 0 Å². The zero-order chi connectivity index (χ0) is 26.9. The van der Waals surface area contributed by atoms with Crippen molar-refractivity contribution in [2.24, 2.45) is 0 Å². The van der Waals surface area contributed by atoms with Crippen LogP contribution in [0.2, 0.25) is 0 Å². The van der Waals surface area contributed by atoms with E-state index in [4.69, 9.17) is 9.15 Å². The minimum absolute atomic E-state index is 0.0134. The fraction of sp³-hybridized carbons (Fsp3) is 0.375. The molecule has 38 heavy (non-hydrogen) atoms. The average Bonchev–Trinajstić information content (AvgIpc) is 3.65. The number of alkyl halides is 3. The van der Waals surface area contributed by atoms with Gasteiger partial charge >= 0.3 is 6.18 Å². The zero-order valence-electron chi connectivity index (χ0n) is 20.1. The summed E-state index contributed by atoms with van der Waals surface area (Å²) in [6, 6.07) is 1.11. The fourth-order valence-electron chi connectivity index (χ4n) is 4.39. The quantitative estimate of drug-likeness (QED) is 0.311. The summed E-state index contributed by atoms with van der Waals surface area (Å²) in [6.07, 6.45) is 3.81. The van der Waals surface area contributed by atoms with Gasteiger partial charge in [0.15, 0.2) is 11.5 Å². The van der Waals surface area contributed by atoms with E-state index in [-0.39, 0.29) is 35.1 Å². The zero-order valence-corrected chi connectivity index (χ0v) is 20.1. The Kier molecular flexibility index (Phi) is 6.97. The van der Waals surface area contributed by atoms with Gasteiger partial charge in [-0.25, -0.2) is 14.4 Å². The largest absolute Gasteiger partial charge is 0.444 e. The third-order valence-electron chi connectivity index (χ3n) is 6.24. The summed E-state index contributed by atoms with van der Waals surface area (Å²) in [5.74, 6) is -1.60. The number of halogens is 4. The number of oxazole rings is 1. The van der Waals surface area contributed by atoms with Crippen molar-refractivity contribution < 1.29 is 31.5 Å². The van der Waals surface area contributed by atoms with E-state index in [1.54, 1.807) is 0 Å². The summed E-state index contributed by atoms with van der Waals surface area (Å²) >= 11 is 0. The van der Waals surface area contributed by atoms with E-state index < -0.39 is 29.3 Å². The Morgan fingerprint density at radius 1 is 1.21 bits per heavy atom. The van der Waals surface area contributed by atoms with Crippen molar-refractivity contribution in [2.75, 3.05) is 11.9 Å². The highest BCUT2D eigenvalue weighted by atomic mass is 19.4. The molecule has 14 heteroatoms. The lowest BCUT2D eigenvalue weighted by Crippen LogP contribution is -2.24. The maximum Gasteiger partial charge on any atom is 0.433 e. The summed E-state index contributed by atoms with van der Waals surface area (Å²) in [4.78, 5) is 20.6. The van der Waals surface area contributed by atoms with Crippen LogP contribution in [0.15, 0.2) is 41.4 Å². The number of nitrogens with zero attached hydrogens (tertiary/aromatic N) is 5. The summed E-state index contributed by atoms with van der Waals surface area (Å²) in [5.41, 5.74) is -1.74. The first-order chi connectivity index (χ1) is 18.2. The lowest BCUT2D eigenvalue weighted by Gasteiger charge is -2.28. The van der Waals surface area contributed by atoms with E-state index in [1.807, 2.05) is 6.92 Å².